The third-order valence-electron chi connectivity index (χ3n) is 4.74. The van der Waals surface area contributed by atoms with Crippen LogP contribution in [0.1, 0.15) is 31.2 Å². The van der Waals surface area contributed by atoms with Gasteiger partial charge in [-0.1, -0.05) is 17.7 Å². The summed E-state index contributed by atoms with van der Waals surface area (Å²) >= 11 is 6.34. The Bertz CT molecular complexity index is 497. The Morgan fingerprint density at radius 3 is 2.48 bits per heavy atom. The van der Waals surface area contributed by atoms with Crippen molar-refractivity contribution in [3.63, 3.8) is 0 Å². The van der Waals surface area contributed by atoms with Gasteiger partial charge in [-0.3, -0.25) is 4.90 Å². The van der Waals surface area contributed by atoms with Crippen LogP contribution in [-0.4, -0.2) is 50.5 Å². The number of halogens is 1. The predicted octanol–water partition coefficient (Wildman–Crippen LogP) is 3.51. The molecule has 2 saturated heterocycles. The quantitative estimate of drug-likeness (QED) is 0.821. The van der Waals surface area contributed by atoms with Crippen LogP contribution in [0.3, 0.4) is 0 Å². The zero-order valence-corrected chi connectivity index (χ0v) is 14.6. The van der Waals surface area contributed by atoms with Crippen LogP contribution in [0.25, 0.3) is 0 Å². The molecule has 2 fully saturated rings. The number of ether oxygens (including phenoxy) is 3. The van der Waals surface area contributed by atoms with Crippen LogP contribution in [0.2, 0.25) is 5.02 Å². The molecular weight excluding hydrogens is 314 g/mol. The molecule has 1 aromatic carbocycles. The van der Waals surface area contributed by atoms with E-state index in [0.717, 1.165) is 74.9 Å². The Morgan fingerprint density at radius 2 is 1.83 bits per heavy atom. The molecule has 0 amide bonds. The van der Waals surface area contributed by atoms with Gasteiger partial charge in [-0.05, 0) is 43.4 Å². The molecule has 5 heteroatoms. The fourth-order valence-electron chi connectivity index (χ4n) is 3.31. The third-order valence-corrected chi connectivity index (χ3v) is 5.09. The minimum absolute atomic E-state index is 0.399. The van der Waals surface area contributed by atoms with Gasteiger partial charge in [0.2, 0.25) is 0 Å². The number of likely N-dealkylation sites (tertiary alicyclic amines) is 1. The molecule has 0 unspecified atom stereocenters. The first-order valence-corrected chi connectivity index (χ1v) is 8.90. The fourth-order valence-corrected chi connectivity index (χ4v) is 3.54. The summed E-state index contributed by atoms with van der Waals surface area (Å²) in [6.07, 6.45) is 5.09. The molecule has 3 rings (SSSR count). The average molecular weight is 340 g/mol. The second kappa shape index (κ2) is 8.34. The minimum atomic E-state index is 0.399. The first-order valence-electron chi connectivity index (χ1n) is 8.52. The van der Waals surface area contributed by atoms with E-state index in [1.54, 1.807) is 7.11 Å². The zero-order valence-electron chi connectivity index (χ0n) is 13.8. The van der Waals surface area contributed by atoms with Crippen molar-refractivity contribution in [1.82, 2.24) is 4.90 Å². The summed E-state index contributed by atoms with van der Waals surface area (Å²) in [7, 11) is 1.66. The molecule has 0 radical (unpaired) electrons. The van der Waals surface area contributed by atoms with Crippen molar-refractivity contribution in [2.24, 2.45) is 0 Å². The second-order valence-electron chi connectivity index (χ2n) is 6.38. The van der Waals surface area contributed by atoms with E-state index in [0.29, 0.717) is 12.2 Å². The number of benzene rings is 1. The molecule has 2 aliphatic heterocycles. The lowest BCUT2D eigenvalue weighted by molar-refractivity contribution is -0.0851. The Morgan fingerprint density at radius 1 is 1.13 bits per heavy atom. The van der Waals surface area contributed by atoms with Gasteiger partial charge in [-0.15, -0.1) is 0 Å². The van der Waals surface area contributed by atoms with Crippen molar-refractivity contribution in [3.05, 3.63) is 28.8 Å². The fraction of sp³-hybridized carbons (Fsp3) is 0.667. The molecule has 23 heavy (non-hydrogen) atoms. The van der Waals surface area contributed by atoms with E-state index >= 15 is 0 Å². The van der Waals surface area contributed by atoms with Crippen molar-refractivity contribution >= 4 is 11.6 Å². The molecule has 0 bridgehead atoms. The summed E-state index contributed by atoms with van der Waals surface area (Å²) in [6, 6.07) is 5.92. The minimum Gasteiger partial charge on any atom is -0.497 e. The highest BCUT2D eigenvalue weighted by Gasteiger charge is 2.24. The van der Waals surface area contributed by atoms with E-state index in [4.69, 9.17) is 25.8 Å². The first-order chi connectivity index (χ1) is 11.2. The van der Waals surface area contributed by atoms with Gasteiger partial charge in [0.15, 0.2) is 0 Å². The van der Waals surface area contributed by atoms with Crippen LogP contribution in [-0.2, 0) is 16.0 Å². The predicted molar refractivity (Wildman–Crippen MR) is 91.2 cm³/mol. The summed E-state index contributed by atoms with van der Waals surface area (Å²) in [6.45, 7) is 4.72. The number of rotatable bonds is 5. The van der Waals surface area contributed by atoms with Crippen LogP contribution in [0, 0.1) is 0 Å². The Kier molecular flexibility index (Phi) is 6.17. The largest absolute Gasteiger partial charge is 0.497 e. The summed E-state index contributed by atoms with van der Waals surface area (Å²) in [4.78, 5) is 2.46. The lowest BCUT2D eigenvalue weighted by atomic mass is 10.1. The topological polar surface area (TPSA) is 30.9 Å². The van der Waals surface area contributed by atoms with E-state index in [2.05, 4.69) is 11.0 Å². The monoisotopic (exact) mass is 339 g/mol. The summed E-state index contributed by atoms with van der Waals surface area (Å²) in [5.41, 5.74) is 1.16. The van der Waals surface area contributed by atoms with E-state index in [-0.39, 0.29) is 0 Å². The van der Waals surface area contributed by atoms with Gasteiger partial charge >= 0.3 is 0 Å². The highest BCUT2D eigenvalue weighted by molar-refractivity contribution is 6.31. The van der Waals surface area contributed by atoms with E-state index in [1.807, 2.05) is 12.1 Å². The SMILES string of the molecule is COc1ccc(CN2CCC(OC3CCOCC3)CC2)c(Cl)c1. The number of methoxy groups -OCH3 is 1. The van der Waals surface area contributed by atoms with Gasteiger partial charge in [0.25, 0.3) is 0 Å². The van der Waals surface area contributed by atoms with E-state index < -0.39 is 0 Å². The van der Waals surface area contributed by atoms with Gasteiger partial charge in [-0.2, -0.15) is 0 Å². The third kappa shape index (κ3) is 4.83. The molecule has 0 saturated carbocycles. The molecule has 2 heterocycles. The van der Waals surface area contributed by atoms with E-state index in [9.17, 15) is 0 Å². The molecule has 4 nitrogen and oxygen atoms in total. The van der Waals surface area contributed by atoms with E-state index in [1.165, 1.54) is 0 Å². The molecule has 128 valence electrons. The molecule has 1 aromatic rings. The van der Waals surface area contributed by atoms with Crippen LogP contribution in [0.4, 0.5) is 0 Å². The number of hydrogen-bond acceptors (Lipinski definition) is 4. The van der Waals surface area contributed by atoms with Crippen molar-refractivity contribution in [2.75, 3.05) is 33.4 Å². The van der Waals surface area contributed by atoms with Crippen LogP contribution < -0.4 is 4.74 Å². The standard InChI is InChI=1S/C18H26ClNO3/c1-21-17-3-2-14(18(19)12-17)13-20-8-4-15(5-9-20)23-16-6-10-22-11-7-16/h2-3,12,15-16H,4-11,13H2,1H3. The number of hydrogen-bond donors (Lipinski definition) is 0. The lowest BCUT2D eigenvalue weighted by Crippen LogP contribution is -2.39. The van der Waals surface area contributed by atoms with Gasteiger partial charge in [-0.25, -0.2) is 0 Å². The van der Waals surface area contributed by atoms with Gasteiger partial charge in [0.1, 0.15) is 5.75 Å². The summed E-state index contributed by atoms with van der Waals surface area (Å²) in [5.74, 6) is 0.808. The molecule has 2 aliphatic rings. The molecule has 0 spiro atoms. The molecule has 0 aliphatic carbocycles. The maximum absolute atomic E-state index is 6.34. The van der Waals surface area contributed by atoms with Crippen LogP contribution in [0.15, 0.2) is 18.2 Å². The highest BCUT2D eigenvalue weighted by Crippen LogP contribution is 2.26. The van der Waals surface area contributed by atoms with Gasteiger partial charge in [0, 0.05) is 37.9 Å². The van der Waals surface area contributed by atoms with Gasteiger partial charge < -0.3 is 14.2 Å². The lowest BCUT2D eigenvalue weighted by Gasteiger charge is -2.35. The second-order valence-corrected chi connectivity index (χ2v) is 6.79. The van der Waals surface area contributed by atoms with Crippen molar-refractivity contribution in [3.8, 4) is 5.75 Å². The maximum atomic E-state index is 6.34. The average Bonchev–Trinajstić information content (AvgIpc) is 2.59. The Labute approximate surface area is 143 Å². The Hall–Kier alpha value is -0.810. The maximum Gasteiger partial charge on any atom is 0.120 e. The highest BCUT2D eigenvalue weighted by atomic mass is 35.5. The Balaban J connectivity index is 1.45. The van der Waals surface area contributed by atoms with Crippen LogP contribution >= 0.6 is 11.6 Å². The smallest absolute Gasteiger partial charge is 0.120 e. The van der Waals surface area contributed by atoms with Gasteiger partial charge in [0.05, 0.1) is 19.3 Å². The number of nitrogens with zero attached hydrogens (tertiary/aromatic N) is 1. The van der Waals surface area contributed by atoms with Crippen molar-refractivity contribution < 1.29 is 14.2 Å². The zero-order chi connectivity index (χ0) is 16.1. The van der Waals surface area contributed by atoms with Crippen molar-refractivity contribution in [1.29, 1.82) is 0 Å². The molecular formula is C18H26ClNO3. The normalized spacial score (nSPS) is 21.5. The van der Waals surface area contributed by atoms with Crippen LogP contribution in [0.5, 0.6) is 5.75 Å². The molecule has 0 atom stereocenters. The van der Waals surface area contributed by atoms with Crippen molar-refractivity contribution in [2.45, 2.75) is 44.4 Å². The molecule has 0 aromatic heterocycles. The number of piperidine rings is 1. The molecule has 0 N–H and O–H groups in total. The summed E-state index contributed by atoms with van der Waals surface area (Å²) < 4.78 is 16.8. The first kappa shape index (κ1) is 17.0. The summed E-state index contributed by atoms with van der Waals surface area (Å²) in [5, 5.41) is 0.782.